The standard InChI is InChI=1S/C20H28O4/c1-13-4-7-16-19(2,10-8-17(22)20(16,3)12-21)15(13)6-5-14-9-11-24-18(14)23/h9,15-16,21H,1,4-8,10-12H2,2-3H3/t15-,16?,19+,20+/m1/s1. The summed E-state index contributed by atoms with van der Waals surface area (Å²) in [5.41, 5.74) is 1.32. The Morgan fingerprint density at radius 1 is 1.33 bits per heavy atom. The van der Waals surface area contributed by atoms with E-state index in [1.807, 2.05) is 13.0 Å². The zero-order chi connectivity index (χ0) is 17.5. The number of carbonyl (C=O) groups excluding carboxylic acids is 2. The van der Waals surface area contributed by atoms with Crippen LogP contribution in [0.3, 0.4) is 0 Å². The Hall–Kier alpha value is -1.42. The van der Waals surface area contributed by atoms with Gasteiger partial charge in [0.15, 0.2) is 0 Å². The summed E-state index contributed by atoms with van der Waals surface area (Å²) < 4.78 is 5.00. The molecule has 3 rings (SSSR count). The van der Waals surface area contributed by atoms with Gasteiger partial charge in [0.2, 0.25) is 0 Å². The lowest BCUT2D eigenvalue weighted by Gasteiger charge is -2.57. The number of rotatable bonds is 4. The Morgan fingerprint density at radius 3 is 2.71 bits per heavy atom. The number of ether oxygens (including phenoxy) is 1. The van der Waals surface area contributed by atoms with Crippen molar-refractivity contribution in [2.24, 2.45) is 22.7 Å². The Kier molecular flexibility index (Phi) is 4.45. The van der Waals surface area contributed by atoms with Crippen LogP contribution in [0.1, 0.15) is 52.4 Å². The van der Waals surface area contributed by atoms with Crippen LogP contribution >= 0.6 is 0 Å². The van der Waals surface area contributed by atoms with Crippen molar-refractivity contribution in [2.45, 2.75) is 52.4 Å². The number of hydrogen-bond acceptors (Lipinski definition) is 4. The Labute approximate surface area is 144 Å². The fourth-order valence-corrected chi connectivity index (χ4v) is 5.43. The first-order chi connectivity index (χ1) is 11.3. The van der Waals surface area contributed by atoms with Gasteiger partial charge < -0.3 is 9.84 Å². The minimum Gasteiger partial charge on any atom is -0.458 e. The molecule has 3 aliphatic rings. The molecule has 0 spiro atoms. The number of allylic oxidation sites excluding steroid dienone is 1. The number of hydrogen-bond donors (Lipinski definition) is 1. The van der Waals surface area contributed by atoms with E-state index in [1.165, 1.54) is 5.57 Å². The van der Waals surface area contributed by atoms with Crippen molar-refractivity contribution in [3.63, 3.8) is 0 Å². The van der Waals surface area contributed by atoms with Gasteiger partial charge in [-0.05, 0) is 55.4 Å². The molecule has 4 heteroatoms. The highest BCUT2D eigenvalue weighted by Gasteiger charge is 2.57. The molecule has 2 aliphatic carbocycles. The fourth-order valence-electron chi connectivity index (χ4n) is 5.43. The van der Waals surface area contributed by atoms with Crippen LogP contribution in [0.2, 0.25) is 0 Å². The molecule has 0 aromatic rings. The van der Waals surface area contributed by atoms with Gasteiger partial charge in [-0.25, -0.2) is 4.79 Å². The van der Waals surface area contributed by atoms with Crippen molar-refractivity contribution in [1.82, 2.24) is 0 Å². The first-order valence-electron chi connectivity index (χ1n) is 9.01. The second-order valence-electron chi connectivity index (χ2n) is 8.17. The van der Waals surface area contributed by atoms with E-state index in [9.17, 15) is 14.7 Å². The predicted molar refractivity (Wildman–Crippen MR) is 91.2 cm³/mol. The third-order valence-electron chi connectivity index (χ3n) is 6.97. The van der Waals surface area contributed by atoms with Crippen molar-refractivity contribution in [3.8, 4) is 0 Å². The highest BCUT2D eigenvalue weighted by atomic mass is 16.5. The number of aliphatic hydroxyl groups excluding tert-OH is 1. The summed E-state index contributed by atoms with van der Waals surface area (Å²) in [4.78, 5) is 24.2. The van der Waals surface area contributed by atoms with Gasteiger partial charge in [0, 0.05) is 12.0 Å². The molecule has 4 nitrogen and oxygen atoms in total. The summed E-state index contributed by atoms with van der Waals surface area (Å²) >= 11 is 0. The molecule has 2 saturated carbocycles. The number of Topliss-reactive ketones (excluding diaryl/α,β-unsaturated/α-hetero) is 1. The van der Waals surface area contributed by atoms with Crippen molar-refractivity contribution in [2.75, 3.05) is 13.2 Å². The smallest absolute Gasteiger partial charge is 0.334 e. The van der Waals surface area contributed by atoms with Crippen LogP contribution in [0.15, 0.2) is 23.8 Å². The normalized spacial score (nSPS) is 39.5. The lowest BCUT2D eigenvalue weighted by Crippen LogP contribution is -2.55. The van der Waals surface area contributed by atoms with E-state index in [-0.39, 0.29) is 35.6 Å². The van der Waals surface area contributed by atoms with Gasteiger partial charge in [-0.1, -0.05) is 26.0 Å². The number of carbonyl (C=O) groups is 2. The average Bonchev–Trinajstić information content (AvgIpc) is 2.96. The fraction of sp³-hybridized carbons (Fsp3) is 0.700. The highest BCUT2D eigenvalue weighted by molar-refractivity contribution is 5.90. The van der Waals surface area contributed by atoms with Gasteiger partial charge in [0.25, 0.3) is 0 Å². The minimum absolute atomic E-state index is 0.0379. The lowest BCUT2D eigenvalue weighted by atomic mass is 9.46. The van der Waals surface area contributed by atoms with Crippen LogP contribution in [0.4, 0.5) is 0 Å². The number of cyclic esters (lactones) is 1. The topological polar surface area (TPSA) is 63.6 Å². The lowest BCUT2D eigenvalue weighted by molar-refractivity contribution is -0.151. The Bertz CT molecular complexity index is 605. The summed E-state index contributed by atoms with van der Waals surface area (Å²) in [5.74, 6) is 0.457. The maximum atomic E-state index is 12.5. The van der Waals surface area contributed by atoms with Crippen molar-refractivity contribution >= 4 is 11.8 Å². The van der Waals surface area contributed by atoms with E-state index in [0.717, 1.165) is 31.3 Å². The summed E-state index contributed by atoms with van der Waals surface area (Å²) in [7, 11) is 0. The molecule has 0 radical (unpaired) electrons. The highest BCUT2D eigenvalue weighted by Crippen LogP contribution is 2.60. The van der Waals surface area contributed by atoms with Crippen LogP contribution in [0.5, 0.6) is 0 Å². The van der Waals surface area contributed by atoms with Crippen molar-refractivity contribution in [1.29, 1.82) is 0 Å². The van der Waals surface area contributed by atoms with Crippen LogP contribution in [-0.2, 0) is 14.3 Å². The minimum atomic E-state index is -0.641. The molecule has 1 heterocycles. The van der Waals surface area contributed by atoms with E-state index in [4.69, 9.17) is 4.74 Å². The maximum Gasteiger partial charge on any atom is 0.334 e. The molecule has 2 fully saturated rings. The second kappa shape index (κ2) is 6.14. The Balaban J connectivity index is 1.84. The van der Waals surface area contributed by atoms with Crippen LogP contribution in [0, 0.1) is 22.7 Å². The van der Waals surface area contributed by atoms with Gasteiger partial charge >= 0.3 is 5.97 Å². The summed E-state index contributed by atoms with van der Waals surface area (Å²) in [5, 5.41) is 9.95. The zero-order valence-corrected chi connectivity index (χ0v) is 14.8. The van der Waals surface area contributed by atoms with Gasteiger partial charge in [0.05, 0.1) is 12.0 Å². The van der Waals surface area contributed by atoms with Gasteiger partial charge in [-0.15, -0.1) is 0 Å². The van der Waals surface area contributed by atoms with E-state index in [0.29, 0.717) is 19.4 Å². The van der Waals surface area contributed by atoms with Crippen LogP contribution in [-0.4, -0.2) is 30.1 Å². The predicted octanol–water partition coefficient (Wildman–Crippen LogP) is 3.20. The average molecular weight is 332 g/mol. The molecule has 1 unspecified atom stereocenters. The molecule has 0 saturated heterocycles. The largest absolute Gasteiger partial charge is 0.458 e. The van der Waals surface area contributed by atoms with E-state index in [1.54, 1.807) is 0 Å². The van der Waals surface area contributed by atoms with E-state index in [2.05, 4.69) is 13.5 Å². The Morgan fingerprint density at radius 2 is 2.08 bits per heavy atom. The van der Waals surface area contributed by atoms with Gasteiger partial charge in [0.1, 0.15) is 12.4 Å². The summed E-state index contributed by atoms with van der Waals surface area (Å²) in [6, 6.07) is 0. The molecule has 1 N–H and O–H groups in total. The second-order valence-corrected chi connectivity index (χ2v) is 8.17. The van der Waals surface area contributed by atoms with E-state index >= 15 is 0 Å². The van der Waals surface area contributed by atoms with Gasteiger partial charge in [-0.3, -0.25) is 4.79 Å². The first kappa shape index (κ1) is 17.4. The molecular weight excluding hydrogens is 304 g/mol. The molecule has 4 atom stereocenters. The molecule has 132 valence electrons. The quantitative estimate of drug-likeness (QED) is 0.634. The third-order valence-corrected chi connectivity index (χ3v) is 6.97. The first-order valence-corrected chi connectivity index (χ1v) is 9.01. The number of esters is 1. The molecule has 0 bridgehead atoms. The molecule has 24 heavy (non-hydrogen) atoms. The monoisotopic (exact) mass is 332 g/mol. The third kappa shape index (κ3) is 2.55. The van der Waals surface area contributed by atoms with Gasteiger partial charge in [-0.2, -0.15) is 0 Å². The molecule has 0 amide bonds. The van der Waals surface area contributed by atoms with Crippen molar-refractivity contribution < 1.29 is 19.4 Å². The summed E-state index contributed by atoms with van der Waals surface area (Å²) in [6.45, 7) is 8.80. The SMILES string of the molecule is C=C1CCC2[C@](C)(CO)C(=O)CC[C@@]2(C)[C@@H]1CCC1=CCOC1=O. The van der Waals surface area contributed by atoms with Crippen molar-refractivity contribution in [3.05, 3.63) is 23.8 Å². The molecular formula is C20H28O4. The van der Waals surface area contributed by atoms with Crippen LogP contribution in [0.25, 0.3) is 0 Å². The zero-order valence-electron chi connectivity index (χ0n) is 14.8. The number of aliphatic hydroxyl groups is 1. The van der Waals surface area contributed by atoms with Crippen LogP contribution < -0.4 is 0 Å². The number of fused-ring (bicyclic) bond motifs is 1. The molecule has 0 aromatic heterocycles. The molecule has 1 aliphatic heterocycles. The maximum absolute atomic E-state index is 12.5. The molecule has 0 aromatic carbocycles. The van der Waals surface area contributed by atoms with E-state index < -0.39 is 5.41 Å². The number of ketones is 1. The summed E-state index contributed by atoms with van der Waals surface area (Å²) in [6.07, 6.45) is 6.63.